The quantitative estimate of drug-likeness (QED) is 0.845. The van der Waals surface area contributed by atoms with Gasteiger partial charge in [-0.15, -0.1) is 11.6 Å². The minimum atomic E-state index is -1.02. The highest BCUT2D eigenvalue weighted by atomic mass is 35.5. The van der Waals surface area contributed by atoms with Crippen molar-refractivity contribution in [1.29, 1.82) is 0 Å². The summed E-state index contributed by atoms with van der Waals surface area (Å²) in [6.07, 6.45) is 4.83. The maximum atomic E-state index is 13.1. The molecule has 0 aliphatic heterocycles. The van der Waals surface area contributed by atoms with E-state index >= 15 is 0 Å². The van der Waals surface area contributed by atoms with Gasteiger partial charge in [0, 0.05) is 11.4 Å². The lowest BCUT2D eigenvalue weighted by Crippen LogP contribution is -2.51. The highest BCUT2D eigenvalue weighted by Crippen LogP contribution is 2.29. The molecule has 0 bridgehead atoms. The summed E-state index contributed by atoms with van der Waals surface area (Å²) in [4.78, 5) is 12.1. The van der Waals surface area contributed by atoms with E-state index in [1.165, 1.54) is 6.07 Å². The van der Waals surface area contributed by atoms with Crippen LogP contribution in [0, 0.1) is 11.6 Å². The molecule has 0 spiro atoms. The number of benzene rings is 1. The van der Waals surface area contributed by atoms with Crippen LogP contribution in [0.2, 0.25) is 0 Å². The zero-order chi connectivity index (χ0) is 13.9. The third-order valence-electron chi connectivity index (χ3n) is 3.63. The van der Waals surface area contributed by atoms with Gasteiger partial charge in [-0.05, 0) is 31.0 Å². The summed E-state index contributed by atoms with van der Waals surface area (Å²) in [5.41, 5.74) is -0.296. The molecule has 0 radical (unpaired) electrons. The summed E-state index contributed by atoms with van der Waals surface area (Å²) in [7, 11) is 0. The smallest absolute Gasteiger partial charge is 0.251 e. The molecule has 0 aromatic heterocycles. The van der Waals surface area contributed by atoms with Gasteiger partial charge in [0.2, 0.25) is 0 Å². The number of carbonyl (C=O) groups is 1. The van der Waals surface area contributed by atoms with Crippen LogP contribution in [0.5, 0.6) is 0 Å². The minimum absolute atomic E-state index is 0.119. The monoisotopic (exact) mass is 287 g/mol. The van der Waals surface area contributed by atoms with E-state index in [4.69, 9.17) is 11.6 Å². The van der Waals surface area contributed by atoms with Gasteiger partial charge in [0.1, 0.15) is 0 Å². The molecule has 0 saturated heterocycles. The van der Waals surface area contributed by atoms with E-state index in [2.05, 4.69) is 5.32 Å². The lowest BCUT2D eigenvalue weighted by molar-refractivity contribution is 0.0884. The van der Waals surface area contributed by atoms with Crippen LogP contribution in [0.15, 0.2) is 18.2 Å². The molecule has 1 aliphatic carbocycles. The van der Waals surface area contributed by atoms with Crippen LogP contribution < -0.4 is 5.32 Å². The van der Waals surface area contributed by atoms with Crippen molar-refractivity contribution in [2.75, 3.05) is 5.88 Å². The molecular weight excluding hydrogens is 272 g/mol. The molecule has 2 nitrogen and oxygen atoms in total. The fraction of sp³-hybridized carbons (Fsp3) is 0.500. The normalized spacial score (nSPS) is 18.1. The fourth-order valence-electron chi connectivity index (χ4n) is 2.47. The highest BCUT2D eigenvalue weighted by Gasteiger charge is 2.33. The van der Waals surface area contributed by atoms with Gasteiger partial charge in [-0.1, -0.05) is 19.3 Å². The van der Waals surface area contributed by atoms with Gasteiger partial charge in [-0.2, -0.15) is 0 Å². The summed E-state index contributed by atoms with van der Waals surface area (Å²) in [5.74, 6) is -2.04. The summed E-state index contributed by atoms with van der Waals surface area (Å²) < 4.78 is 25.9. The molecule has 1 aromatic carbocycles. The number of hydrogen-bond acceptors (Lipinski definition) is 1. The second-order valence-electron chi connectivity index (χ2n) is 5.06. The number of amides is 1. The number of hydrogen-bond donors (Lipinski definition) is 1. The number of alkyl halides is 1. The molecule has 0 unspecified atom stereocenters. The predicted octanol–water partition coefficient (Wildman–Crippen LogP) is 3.64. The van der Waals surface area contributed by atoms with E-state index in [1.807, 2.05) is 0 Å². The molecule has 0 atom stereocenters. The van der Waals surface area contributed by atoms with Crippen LogP contribution in [-0.4, -0.2) is 17.3 Å². The molecule has 1 aromatic rings. The van der Waals surface area contributed by atoms with Crippen molar-refractivity contribution in [2.45, 2.75) is 37.6 Å². The van der Waals surface area contributed by atoms with Crippen LogP contribution in [0.4, 0.5) is 8.78 Å². The lowest BCUT2D eigenvalue weighted by Gasteiger charge is -2.36. The first-order valence-electron chi connectivity index (χ1n) is 6.40. The van der Waals surface area contributed by atoms with E-state index < -0.39 is 23.1 Å². The Labute approximate surface area is 116 Å². The first-order chi connectivity index (χ1) is 9.06. The second kappa shape index (κ2) is 5.87. The molecule has 19 heavy (non-hydrogen) atoms. The number of halogens is 3. The number of carbonyl (C=O) groups excluding carboxylic acids is 1. The van der Waals surface area contributed by atoms with E-state index in [9.17, 15) is 13.6 Å². The Morgan fingerprint density at radius 3 is 2.47 bits per heavy atom. The first-order valence-corrected chi connectivity index (χ1v) is 6.93. The predicted molar refractivity (Wildman–Crippen MR) is 70.4 cm³/mol. The van der Waals surface area contributed by atoms with Gasteiger partial charge >= 0.3 is 0 Å². The molecule has 0 heterocycles. The molecular formula is C14H16ClF2NO. The fourth-order valence-corrected chi connectivity index (χ4v) is 2.81. The van der Waals surface area contributed by atoms with Crippen molar-refractivity contribution in [3.63, 3.8) is 0 Å². The van der Waals surface area contributed by atoms with E-state index in [1.54, 1.807) is 0 Å². The Hall–Kier alpha value is -1.16. The van der Waals surface area contributed by atoms with Gasteiger partial charge in [0.25, 0.3) is 5.91 Å². The molecule has 1 amide bonds. The van der Waals surface area contributed by atoms with Crippen molar-refractivity contribution >= 4 is 17.5 Å². The van der Waals surface area contributed by atoms with Crippen LogP contribution in [-0.2, 0) is 0 Å². The summed E-state index contributed by atoms with van der Waals surface area (Å²) >= 11 is 5.98. The first kappa shape index (κ1) is 14.3. The average molecular weight is 288 g/mol. The van der Waals surface area contributed by atoms with Gasteiger partial charge in [-0.25, -0.2) is 8.78 Å². The molecule has 1 fully saturated rings. The third kappa shape index (κ3) is 3.24. The van der Waals surface area contributed by atoms with Gasteiger partial charge in [0.15, 0.2) is 11.6 Å². The Kier molecular flexibility index (Phi) is 4.40. The summed E-state index contributed by atoms with van der Waals surface area (Å²) in [6, 6.07) is 3.15. The molecule has 5 heteroatoms. The van der Waals surface area contributed by atoms with E-state index in [-0.39, 0.29) is 5.56 Å². The van der Waals surface area contributed by atoms with Crippen LogP contribution in [0.25, 0.3) is 0 Å². The maximum absolute atomic E-state index is 13.1. The Morgan fingerprint density at radius 2 is 1.89 bits per heavy atom. The summed E-state index contributed by atoms with van der Waals surface area (Å²) in [5, 5.41) is 2.89. The lowest BCUT2D eigenvalue weighted by atomic mass is 9.83. The Bertz CT molecular complexity index is 473. The van der Waals surface area contributed by atoms with Crippen molar-refractivity contribution < 1.29 is 13.6 Å². The van der Waals surface area contributed by atoms with Crippen molar-refractivity contribution in [1.82, 2.24) is 5.32 Å². The van der Waals surface area contributed by atoms with E-state index in [0.717, 1.165) is 44.2 Å². The third-order valence-corrected chi connectivity index (χ3v) is 4.14. The number of rotatable bonds is 3. The second-order valence-corrected chi connectivity index (χ2v) is 5.32. The van der Waals surface area contributed by atoms with Gasteiger partial charge in [-0.3, -0.25) is 4.79 Å². The SMILES string of the molecule is O=C(NC1(CCl)CCCCC1)c1ccc(F)c(F)c1. The maximum Gasteiger partial charge on any atom is 0.251 e. The molecule has 1 aliphatic rings. The zero-order valence-electron chi connectivity index (χ0n) is 10.5. The molecule has 104 valence electrons. The largest absolute Gasteiger partial charge is 0.345 e. The average Bonchev–Trinajstić information content (AvgIpc) is 2.43. The highest BCUT2D eigenvalue weighted by molar-refractivity contribution is 6.19. The molecule has 1 N–H and O–H groups in total. The van der Waals surface area contributed by atoms with Crippen molar-refractivity contribution in [3.8, 4) is 0 Å². The standard InChI is InChI=1S/C14H16ClF2NO/c15-9-14(6-2-1-3-7-14)18-13(19)10-4-5-11(16)12(17)8-10/h4-5,8H,1-3,6-7,9H2,(H,18,19). The topological polar surface area (TPSA) is 29.1 Å². The molecule has 1 saturated carbocycles. The van der Waals surface area contributed by atoms with Crippen LogP contribution >= 0.6 is 11.6 Å². The Morgan fingerprint density at radius 1 is 1.21 bits per heavy atom. The number of nitrogens with one attached hydrogen (secondary N) is 1. The molecule has 2 rings (SSSR count). The summed E-state index contributed by atoms with van der Waals surface area (Å²) in [6.45, 7) is 0. The van der Waals surface area contributed by atoms with Crippen LogP contribution in [0.3, 0.4) is 0 Å². The van der Waals surface area contributed by atoms with Gasteiger partial charge < -0.3 is 5.32 Å². The minimum Gasteiger partial charge on any atom is -0.345 e. The van der Waals surface area contributed by atoms with E-state index in [0.29, 0.717) is 5.88 Å². The van der Waals surface area contributed by atoms with Crippen LogP contribution in [0.1, 0.15) is 42.5 Å². The zero-order valence-corrected chi connectivity index (χ0v) is 11.3. The van der Waals surface area contributed by atoms with Crippen molar-refractivity contribution in [3.05, 3.63) is 35.4 Å². The van der Waals surface area contributed by atoms with Gasteiger partial charge in [0.05, 0.1) is 5.54 Å². The Balaban J connectivity index is 2.12. The van der Waals surface area contributed by atoms with Crippen molar-refractivity contribution in [2.24, 2.45) is 0 Å².